The summed E-state index contributed by atoms with van der Waals surface area (Å²) in [6, 6.07) is 5.20. The standard InChI is InChI=1S/C23H27F2N3O4/c1-12-18(22(31)27-16-6-4-5-14(11-16)21(24)25)13(2)28(3)19(12)20(30)23(32)26-15-7-9-17(29)10-8-15/h4-6,11,15,17,21,29H,7-10H2,1-3H3,(H,26,32)(H,27,31)/t15-,17+. The molecule has 2 amide bonds. The second-order valence-electron chi connectivity index (χ2n) is 8.18. The van der Waals surface area contributed by atoms with Crippen molar-refractivity contribution >= 4 is 23.3 Å². The molecule has 0 saturated heterocycles. The summed E-state index contributed by atoms with van der Waals surface area (Å²) in [4.78, 5) is 38.4. The van der Waals surface area contributed by atoms with Crippen LogP contribution in [0.15, 0.2) is 24.3 Å². The van der Waals surface area contributed by atoms with E-state index in [2.05, 4.69) is 10.6 Å². The van der Waals surface area contributed by atoms with Gasteiger partial charge >= 0.3 is 0 Å². The van der Waals surface area contributed by atoms with Crippen molar-refractivity contribution in [3.63, 3.8) is 0 Å². The highest BCUT2D eigenvalue weighted by Gasteiger charge is 2.30. The summed E-state index contributed by atoms with van der Waals surface area (Å²) in [5.41, 5.74) is 1.12. The summed E-state index contributed by atoms with van der Waals surface area (Å²) in [5.74, 6) is -2.06. The van der Waals surface area contributed by atoms with Gasteiger partial charge in [0.2, 0.25) is 0 Å². The molecule has 0 unspecified atom stereocenters. The number of anilines is 1. The van der Waals surface area contributed by atoms with Crippen molar-refractivity contribution in [3.8, 4) is 0 Å². The Balaban J connectivity index is 1.80. The Morgan fingerprint density at radius 3 is 2.41 bits per heavy atom. The zero-order valence-electron chi connectivity index (χ0n) is 18.2. The van der Waals surface area contributed by atoms with Crippen molar-refractivity contribution in [2.24, 2.45) is 7.05 Å². The van der Waals surface area contributed by atoms with Crippen LogP contribution in [-0.4, -0.2) is 39.4 Å². The first kappa shape index (κ1) is 23.6. The molecule has 1 fully saturated rings. The SMILES string of the molecule is Cc1c(C(=O)Nc2cccc(C(F)F)c2)c(C)n(C)c1C(=O)C(=O)N[C@H]1CC[C@@H](O)CC1. The lowest BCUT2D eigenvalue weighted by Crippen LogP contribution is -2.42. The molecule has 2 aromatic rings. The van der Waals surface area contributed by atoms with Crippen molar-refractivity contribution in [3.05, 3.63) is 52.3 Å². The van der Waals surface area contributed by atoms with Crippen molar-refractivity contribution in [2.75, 3.05) is 5.32 Å². The molecule has 7 nitrogen and oxygen atoms in total. The van der Waals surface area contributed by atoms with Gasteiger partial charge in [-0.3, -0.25) is 14.4 Å². The van der Waals surface area contributed by atoms with E-state index in [0.29, 0.717) is 36.9 Å². The first-order valence-corrected chi connectivity index (χ1v) is 10.5. The number of carbonyl (C=O) groups excluding carboxylic acids is 3. The topological polar surface area (TPSA) is 100 Å². The molecule has 1 aliphatic carbocycles. The van der Waals surface area contributed by atoms with E-state index >= 15 is 0 Å². The first-order valence-electron chi connectivity index (χ1n) is 10.5. The Hall–Kier alpha value is -3.07. The Morgan fingerprint density at radius 2 is 1.78 bits per heavy atom. The molecular formula is C23H27F2N3O4. The van der Waals surface area contributed by atoms with Crippen LogP contribution in [-0.2, 0) is 11.8 Å². The fraction of sp³-hybridized carbons (Fsp3) is 0.435. The number of ketones is 1. The molecule has 0 bridgehead atoms. The van der Waals surface area contributed by atoms with Crippen molar-refractivity contribution < 1.29 is 28.3 Å². The van der Waals surface area contributed by atoms with Crippen LogP contribution in [0.25, 0.3) is 0 Å². The van der Waals surface area contributed by atoms with Gasteiger partial charge in [0.1, 0.15) is 0 Å². The van der Waals surface area contributed by atoms with Crippen LogP contribution in [0.2, 0.25) is 0 Å². The number of hydrogen-bond donors (Lipinski definition) is 3. The molecule has 172 valence electrons. The molecule has 1 aromatic carbocycles. The zero-order valence-corrected chi connectivity index (χ0v) is 18.2. The molecule has 0 atom stereocenters. The number of nitrogens with one attached hydrogen (secondary N) is 2. The fourth-order valence-corrected chi connectivity index (χ4v) is 4.16. The van der Waals surface area contributed by atoms with Crippen molar-refractivity contribution in [1.29, 1.82) is 0 Å². The number of halogens is 2. The molecule has 9 heteroatoms. The Kier molecular flexibility index (Phi) is 7.08. The normalized spacial score (nSPS) is 18.5. The summed E-state index contributed by atoms with van der Waals surface area (Å²) in [5, 5.41) is 14.9. The quantitative estimate of drug-likeness (QED) is 0.467. The molecule has 1 heterocycles. The van der Waals surface area contributed by atoms with Gasteiger partial charge in [-0.05, 0) is 57.2 Å². The van der Waals surface area contributed by atoms with Gasteiger partial charge in [0.15, 0.2) is 0 Å². The lowest BCUT2D eigenvalue weighted by Gasteiger charge is -2.25. The number of hydrogen-bond acceptors (Lipinski definition) is 4. The lowest BCUT2D eigenvalue weighted by molar-refractivity contribution is -0.118. The summed E-state index contributed by atoms with van der Waals surface area (Å²) in [7, 11) is 1.59. The number of amides is 2. The van der Waals surface area contributed by atoms with Gasteiger partial charge in [0.25, 0.3) is 24.0 Å². The van der Waals surface area contributed by atoms with Gasteiger partial charge in [0, 0.05) is 30.0 Å². The highest BCUT2D eigenvalue weighted by atomic mass is 19.3. The highest BCUT2D eigenvalue weighted by molar-refractivity contribution is 6.43. The number of benzene rings is 1. The van der Waals surface area contributed by atoms with Crippen LogP contribution in [0.1, 0.15) is 69.8 Å². The Bertz CT molecular complexity index is 1040. The molecule has 3 N–H and O–H groups in total. The smallest absolute Gasteiger partial charge is 0.294 e. The van der Waals surface area contributed by atoms with Gasteiger partial charge in [-0.25, -0.2) is 8.78 Å². The maximum atomic E-state index is 12.9. The number of aliphatic hydroxyl groups is 1. The number of carbonyl (C=O) groups is 3. The van der Waals surface area contributed by atoms with Gasteiger partial charge < -0.3 is 20.3 Å². The number of rotatable bonds is 6. The second-order valence-corrected chi connectivity index (χ2v) is 8.18. The lowest BCUT2D eigenvalue weighted by atomic mass is 9.93. The third kappa shape index (κ3) is 4.88. The summed E-state index contributed by atoms with van der Waals surface area (Å²) in [6.45, 7) is 3.23. The molecule has 3 rings (SSSR count). The molecular weight excluding hydrogens is 420 g/mol. The number of alkyl halides is 2. The van der Waals surface area contributed by atoms with Gasteiger partial charge in [-0.2, -0.15) is 0 Å². The largest absolute Gasteiger partial charge is 0.393 e. The predicted molar refractivity (Wildman–Crippen MR) is 115 cm³/mol. The molecule has 0 radical (unpaired) electrons. The van der Waals surface area contributed by atoms with Crippen LogP contribution in [0, 0.1) is 13.8 Å². The van der Waals surface area contributed by atoms with Gasteiger partial charge in [0.05, 0.1) is 17.4 Å². The van der Waals surface area contributed by atoms with E-state index in [0.717, 1.165) is 0 Å². The van der Waals surface area contributed by atoms with E-state index in [1.807, 2.05) is 0 Å². The maximum Gasteiger partial charge on any atom is 0.294 e. The fourth-order valence-electron chi connectivity index (χ4n) is 4.16. The van der Waals surface area contributed by atoms with Crippen LogP contribution < -0.4 is 10.6 Å². The first-order chi connectivity index (χ1) is 15.1. The van der Waals surface area contributed by atoms with E-state index in [9.17, 15) is 28.3 Å². The average molecular weight is 447 g/mol. The minimum atomic E-state index is -2.66. The Morgan fingerprint density at radius 1 is 1.12 bits per heavy atom. The molecule has 1 aromatic heterocycles. The predicted octanol–water partition coefficient (Wildman–Crippen LogP) is 3.43. The molecule has 0 aliphatic heterocycles. The highest BCUT2D eigenvalue weighted by Crippen LogP contribution is 2.26. The Labute approximate surface area is 184 Å². The monoisotopic (exact) mass is 447 g/mol. The second kappa shape index (κ2) is 9.60. The van der Waals surface area contributed by atoms with E-state index in [1.165, 1.54) is 28.8 Å². The van der Waals surface area contributed by atoms with Crippen molar-refractivity contribution in [1.82, 2.24) is 9.88 Å². The van der Waals surface area contributed by atoms with Gasteiger partial charge in [-0.1, -0.05) is 12.1 Å². The zero-order chi connectivity index (χ0) is 23.6. The third-order valence-corrected chi connectivity index (χ3v) is 6.01. The van der Waals surface area contributed by atoms with E-state index in [1.54, 1.807) is 20.9 Å². The molecule has 1 aliphatic rings. The number of aromatic nitrogens is 1. The van der Waals surface area contributed by atoms with Crippen LogP contribution >= 0.6 is 0 Å². The number of nitrogens with zero attached hydrogens (tertiary/aromatic N) is 1. The minimum Gasteiger partial charge on any atom is -0.393 e. The number of aliphatic hydroxyl groups excluding tert-OH is 1. The van der Waals surface area contributed by atoms with Crippen LogP contribution in [0.4, 0.5) is 14.5 Å². The van der Waals surface area contributed by atoms with E-state index in [4.69, 9.17) is 0 Å². The summed E-state index contributed by atoms with van der Waals surface area (Å²) < 4.78 is 27.4. The number of Topliss-reactive ketones (excluding diaryl/α,β-unsaturated/α-hetero) is 1. The van der Waals surface area contributed by atoms with E-state index in [-0.39, 0.29) is 34.7 Å². The summed E-state index contributed by atoms with van der Waals surface area (Å²) in [6.07, 6.45) is -0.717. The molecule has 1 saturated carbocycles. The maximum absolute atomic E-state index is 12.9. The average Bonchev–Trinajstić information content (AvgIpc) is 2.97. The van der Waals surface area contributed by atoms with Gasteiger partial charge in [-0.15, -0.1) is 0 Å². The molecule has 32 heavy (non-hydrogen) atoms. The van der Waals surface area contributed by atoms with E-state index < -0.39 is 24.0 Å². The van der Waals surface area contributed by atoms with Crippen molar-refractivity contribution in [2.45, 2.75) is 58.1 Å². The van der Waals surface area contributed by atoms with Crippen LogP contribution in [0.3, 0.4) is 0 Å². The summed E-state index contributed by atoms with van der Waals surface area (Å²) >= 11 is 0. The third-order valence-electron chi connectivity index (χ3n) is 6.01. The van der Waals surface area contributed by atoms with Crippen LogP contribution in [0.5, 0.6) is 0 Å². The molecule has 0 spiro atoms. The minimum absolute atomic E-state index is 0.0994.